The average Bonchev–Trinajstić information content (AvgIpc) is 2.95. The number of rotatable bonds is 8. The van der Waals surface area contributed by atoms with Crippen molar-refractivity contribution in [3.05, 3.63) is 0 Å². The van der Waals surface area contributed by atoms with Crippen LogP contribution in [0.1, 0.15) is 58.8 Å². The van der Waals surface area contributed by atoms with Crippen molar-refractivity contribution in [1.29, 1.82) is 0 Å². The Bertz CT molecular complexity index is 313. The highest BCUT2D eigenvalue weighted by Crippen LogP contribution is 2.25. The Morgan fingerprint density at radius 2 is 1.86 bits per heavy atom. The van der Waals surface area contributed by atoms with Crippen LogP contribution in [0, 0.1) is 11.8 Å². The Balaban J connectivity index is 1.83. The van der Waals surface area contributed by atoms with E-state index in [0.29, 0.717) is 12.0 Å². The van der Waals surface area contributed by atoms with E-state index >= 15 is 0 Å². The number of likely N-dealkylation sites (tertiary alicyclic amines) is 1. The molecule has 0 radical (unpaired) electrons. The second kappa shape index (κ2) is 8.62. The number of nitrogens with zero attached hydrogens (tertiary/aromatic N) is 2. The largest absolute Gasteiger partial charge is 0.370 e. The van der Waals surface area contributed by atoms with E-state index in [2.05, 4.69) is 29.1 Å². The van der Waals surface area contributed by atoms with E-state index in [1.807, 2.05) is 0 Å². The molecular weight excluding hydrogens is 260 g/mol. The Kier molecular flexibility index (Phi) is 6.81. The topological polar surface area (TPSA) is 53.6 Å². The van der Waals surface area contributed by atoms with Crippen LogP contribution in [0.3, 0.4) is 0 Å². The standard InChI is InChI=1S/C17H34N4/c1-3-15(4-2)16(21-10-5-6-11-21)13-20-17(18)19-12-14-8-7-9-14/h14-16H,3-13H2,1-2H3,(H3,18,19,20). The molecule has 1 saturated heterocycles. The summed E-state index contributed by atoms with van der Waals surface area (Å²) in [7, 11) is 0. The molecule has 0 spiro atoms. The van der Waals surface area contributed by atoms with Crippen LogP contribution in [0.25, 0.3) is 0 Å². The van der Waals surface area contributed by atoms with Crippen LogP contribution in [0.5, 0.6) is 0 Å². The van der Waals surface area contributed by atoms with E-state index in [4.69, 9.17) is 5.73 Å². The summed E-state index contributed by atoms with van der Waals surface area (Å²) in [5.41, 5.74) is 6.05. The molecule has 1 atom stereocenters. The Labute approximate surface area is 130 Å². The summed E-state index contributed by atoms with van der Waals surface area (Å²) in [6.07, 6.45) is 9.25. The predicted octanol–water partition coefficient (Wildman–Crippen LogP) is 2.59. The van der Waals surface area contributed by atoms with E-state index in [-0.39, 0.29) is 0 Å². The number of aliphatic imine (C=N–C) groups is 1. The molecule has 0 aromatic carbocycles. The first-order valence-electron chi connectivity index (χ1n) is 9.02. The lowest BCUT2D eigenvalue weighted by Crippen LogP contribution is -2.43. The van der Waals surface area contributed by atoms with E-state index in [1.165, 1.54) is 58.0 Å². The fourth-order valence-corrected chi connectivity index (χ4v) is 3.66. The van der Waals surface area contributed by atoms with Crippen LogP contribution in [0.4, 0.5) is 0 Å². The van der Waals surface area contributed by atoms with Gasteiger partial charge in [0.2, 0.25) is 0 Å². The molecular formula is C17H34N4. The Hall–Kier alpha value is -0.770. The zero-order valence-electron chi connectivity index (χ0n) is 14.0. The fraction of sp³-hybridized carbons (Fsp3) is 0.941. The number of hydrogen-bond donors (Lipinski definition) is 2. The van der Waals surface area contributed by atoms with Crippen LogP contribution in [-0.4, -0.2) is 43.1 Å². The Morgan fingerprint density at radius 1 is 1.19 bits per heavy atom. The summed E-state index contributed by atoms with van der Waals surface area (Å²) in [5.74, 6) is 2.22. The summed E-state index contributed by atoms with van der Waals surface area (Å²) in [4.78, 5) is 7.30. The maximum atomic E-state index is 6.05. The van der Waals surface area contributed by atoms with Gasteiger partial charge >= 0.3 is 0 Å². The molecule has 2 aliphatic rings. The molecule has 21 heavy (non-hydrogen) atoms. The van der Waals surface area contributed by atoms with E-state index < -0.39 is 0 Å². The number of nitrogens with one attached hydrogen (secondary N) is 1. The van der Waals surface area contributed by atoms with Crippen molar-refractivity contribution in [2.45, 2.75) is 64.8 Å². The third-order valence-corrected chi connectivity index (χ3v) is 5.45. The molecule has 0 bridgehead atoms. The van der Waals surface area contributed by atoms with Crippen molar-refractivity contribution in [2.75, 3.05) is 26.2 Å². The second-order valence-corrected chi connectivity index (χ2v) is 6.79. The van der Waals surface area contributed by atoms with Crippen molar-refractivity contribution in [3.63, 3.8) is 0 Å². The van der Waals surface area contributed by atoms with Gasteiger partial charge in [0.15, 0.2) is 5.96 Å². The van der Waals surface area contributed by atoms with Crippen molar-refractivity contribution < 1.29 is 0 Å². The molecule has 1 aliphatic heterocycles. The third-order valence-electron chi connectivity index (χ3n) is 5.45. The highest BCUT2D eigenvalue weighted by molar-refractivity contribution is 5.77. The molecule has 1 aliphatic carbocycles. The first-order chi connectivity index (χ1) is 10.2. The fourth-order valence-electron chi connectivity index (χ4n) is 3.66. The van der Waals surface area contributed by atoms with Crippen molar-refractivity contribution in [3.8, 4) is 0 Å². The maximum Gasteiger partial charge on any atom is 0.188 e. The second-order valence-electron chi connectivity index (χ2n) is 6.79. The van der Waals surface area contributed by atoms with Gasteiger partial charge in [-0.05, 0) is 50.6 Å². The lowest BCUT2D eigenvalue weighted by Gasteiger charge is -2.32. The quantitative estimate of drug-likeness (QED) is 0.534. The zero-order chi connectivity index (χ0) is 15.1. The number of hydrogen-bond acceptors (Lipinski definition) is 2. The van der Waals surface area contributed by atoms with Crippen LogP contribution >= 0.6 is 0 Å². The van der Waals surface area contributed by atoms with E-state index in [0.717, 1.165) is 24.9 Å². The Morgan fingerprint density at radius 3 is 2.38 bits per heavy atom. The molecule has 4 nitrogen and oxygen atoms in total. The SMILES string of the molecule is CCC(CC)C(CN=C(N)NCC1CCC1)N1CCCC1. The highest BCUT2D eigenvalue weighted by Gasteiger charge is 2.27. The first-order valence-corrected chi connectivity index (χ1v) is 9.02. The van der Waals surface area contributed by atoms with Gasteiger partial charge in [-0.15, -0.1) is 0 Å². The smallest absolute Gasteiger partial charge is 0.188 e. The molecule has 1 heterocycles. The highest BCUT2D eigenvalue weighted by atomic mass is 15.2. The molecule has 3 N–H and O–H groups in total. The molecule has 0 aromatic heterocycles. The third kappa shape index (κ3) is 4.87. The van der Waals surface area contributed by atoms with Gasteiger partial charge in [0.25, 0.3) is 0 Å². The molecule has 0 aromatic rings. The van der Waals surface area contributed by atoms with Gasteiger partial charge in [-0.1, -0.05) is 33.1 Å². The van der Waals surface area contributed by atoms with Gasteiger partial charge in [0.1, 0.15) is 0 Å². The van der Waals surface area contributed by atoms with Gasteiger partial charge in [-0.3, -0.25) is 9.89 Å². The first kappa shape index (κ1) is 16.6. The normalized spacial score (nSPS) is 22.5. The lowest BCUT2D eigenvalue weighted by atomic mass is 9.85. The zero-order valence-corrected chi connectivity index (χ0v) is 14.0. The van der Waals surface area contributed by atoms with Crippen LogP contribution in [-0.2, 0) is 0 Å². The van der Waals surface area contributed by atoms with Crippen LogP contribution in [0.15, 0.2) is 4.99 Å². The van der Waals surface area contributed by atoms with Crippen molar-refractivity contribution >= 4 is 5.96 Å². The molecule has 2 rings (SSSR count). The van der Waals surface area contributed by atoms with Crippen molar-refractivity contribution in [2.24, 2.45) is 22.6 Å². The predicted molar refractivity (Wildman–Crippen MR) is 90.5 cm³/mol. The van der Waals surface area contributed by atoms with E-state index in [9.17, 15) is 0 Å². The monoisotopic (exact) mass is 294 g/mol. The number of guanidine groups is 1. The summed E-state index contributed by atoms with van der Waals surface area (Å²) >= 11 is 0. The summed E-state index contributed by atoms with van der Waals surface area (Å²) in [6, 6.07) is 0.576. The van der Waals surface area contributed by atoms with Crippen LogP contribution in [0.2, 0.25) is 0 Å². The summed E-state index contributed by atoms with van der Waals surface area (Å²) < 4.78 is 0. The molecule has 1 unspecified atom stereocenters. The van der Waals surface area contributed by atoms with Gasteiger partial charge < -0.3 is 11.1 Å². The molecule has 0 amide bonds. The minimum Gasteiger partial charge on any atom is -0.370 e. The van der Waals surface area contributed by atoms with Gasteiger partial charge in [0, 0.05) is 12.6 Å². The van der Waals surface area contributed by atoms with Crippen LogP contribution < -0.4 is 11.1 Å². The van der Waals surface area contributed by atoms with Gasteiger partial charge in [-0.25, -0.2) is 0 Å². The summed E-state index contributed by atoms with van der Waals surface area (Å²) in [6.45, 7) is 8.96. The molecule has 1 saturated carbocycles. The van der Waals surface area contributed by atoms with Gasteiger partial charge in [-0.2, -0.15) is 0 Å². The van der Waals surface area contributed by atoms with E-state index in [1.54, 1.807) is 0 Å². The van der Waals surface area contributed by atoms with Gasteiger partial charge in [0.05, 0.1) is 6.54 Å². The number of nitrogens with two attached hydrogens (primary N) is 1. The minimum atomic E-state index is 0.576. The maximum absolute atomic E-state index is 6.05. The molecule has 4 heteroatoms. The summed E-state index contributed by atoms with van der Waals surface area (Å²) in [5, 5.41) is 3.31. The molecule has 2 fully saturated rings. The minimum absolute atomic E-state index is 0.576. The van der Waals surface area contributed by atoms with Crippen molar-refractivity contribution in [1.82, 2.24) is 10.2 Å². The lowest BCUT2D eigenvalue weighted by molar-refractivity contribution is 0.172. The average molecular weight is 294 g/mol. The molecule has 122 valence electrons.